The van der Waals surface area contributed by atoms with Crippen molar-refractivity contribution in [3.8, 4) is 0 Å². The van der Waals surface area contributed by atoms with Crippen LogP contribution in [0.1, 0.15) is 46.0 Å². The Hall–Kier alpha value is -1.32. The summed E-state index contributed by atoms with van der Waals surface area (Å²) >= 11 is 0. The summed E-state index contributed by atoms with van der Waals surface area (Å²) in [6.07, 6.45) is 9.34. The van der Waals surface area contributed by atoms with E-state index >= 15 is 0 Å². The van der Waals surface area contributed by atoms with E-state index in [1.54, 1.807) is 0 Å². The highest BCUT2D eigenvalue weighted by molar-refractivity contribution is 5.87. The predicted molar refractivity (Wildman–Crippen MR) is 79.5 cm³/mol. The van der Waals surface area contributed by atoms with Gasteiger partial charge in [0.2, 0.25) is 5.91 Å². The summed E-state index contributed by atoms with van der Waals surface area (Å²) in [6, 6.07) is 0.177. The molecule has 3 unspecified atom stereocenters. The lowest BCUT2D eigenvalue weighted by atomic mass is 9.72. The molecule has 21 heavy (non-hydrogen) atoms. The van der Waals surface area contributed by atoms with Crippen molar-refractivity contribution in [3.63, 3.8) is 0 Å². The Bertz CT molecular complexity index is 482. The van der Waals surface area contributed by atoms with E-state index < -0.39 is 11.9 Å². The molecule has 0 aromatic carbocycles. The summed E-state index contributed by atoms with van der Waals surface area (Å²) < 4.78 is 0. The Morgan fingerprint density at radius 3 is 2.43 bits per heavy atom. The highest BCUT2D eigenvalue weighted by Crippen LogP contribution is 2.48. The molecule has 2 saturated carbocycles. The van der Waals surface area contributed by atoms with Gasteiger partial charge < -0.3 is 10.4 Å². The molecule has 2 bridgehead atoms. The first-order chi connectivity index (χ1) is 9.90. The highest BCUT2D eigenvalue weighted by atomic mass is 16.4. The van der Waals surface area contributed by atoms with Crippen LogP contribution in [0.15, 0.2) is 12.2 Å². The van der Waals surface area contributed by atoms with Gasteiger partial charge in [0, 0.05) is 6.04 Å². The van der Waals surface area contributed by atoms with Crippen LogP contribution in [0, 0.1) is 29.1 Å². The summed E-state index contributed by atoms with van der Waals surface area (Å²) in [6.45, 7) is 4.40. The van der Waals surface area contributed by atoms with Gasteiger partial charge in [0.15, 0.2) is 0 Å². The van der Waals surface area contributed by atoms with Gasteiger partial charge in [-0.2, -0.15) is 0 Å². The van der Waals surface area contributed by atoms with E-state index in [1.807, 2.05) is 12.2 Å². The molecular weight excluding hydrogens is 266 g/mol. The van der Waals surface area contributed by atoms with Crippen LogP contribution in [-0.4, -0.2) is 23.0 Å². The second kappa shape index (κ2) is 5.15. The molecule has 4 nitrogen and oxygen atoms in total. The first-order valence-corrected chi connectivity index (χ1v) is 8.11. The van der Waals surface area contributed by atoms with Crippen LogP contribution in [0.2, 0.25) is 0 Å². The molecule has 0 radical (unpaired) electrons. The maximum Gasteiger partial charge on any atom is 0.307 e. The minimum atomic E-state index is -0.824. The molecule has 4 heteroatoms. The van der Waals surface area contributed by atoms with E-state index in [2.05, 4.69) is 19.2 Å². The van der Waals surface area contributed by atoms with Gasteiger partial charge in [-0.25, -0.2) is 0 Å². The Kier molecular flexibility index (Phi) is 3.58. The number of carboxylic acids is 1. The van der Waals surface area contributed by atoms with E-state index in [0.29, 0.717) is 0 Å². The third-order valence-corrected chi connectivity index (χ3v) is 5.87. The molecule has 2 fully saturated rings. The van der Waals surface area contributed by atoms with E-state index in [0.717, 1.165) is 25.7 Å². The summed E-state index contributed by atoms with van der Waals surface area (Å²) in [5, 5.41) is 12.6. The van der Waals surface area contributed by atoms with Crippen molar-refractivity contribution in [2.45, 2.75) is 52.0 Å². The van der Waals surface area contributed by atoms with Gasteiger partial charge in [-0.3, -0.25) is 9.59 Å². The van der Waals surface area contributed by atoms with Crippen molar-refractivity contribution in [1.82, 2.24) is 5.32 Å². The standard InChI is InChI=1S/C17H25NO3/c1-17(2)8-4-3-5-12(17)18-15(19)13-10-6-7-11(9-10)14(13)16(20)21/h6-7,10-14H,3-5,8-9H2,1-2H3,(H,18,19)(H,20,21)/t10?,11?,12?,13-,14+/m0/s1. The van der Waals surface area contributed by atoms with Crippen LogP contribution in [0.4, 0.5) is 0 Å². The van der Waals surface area contributed by atoms with E-state index in [-0.39, 0.29) is 35.1 Å². The van der Waals surface area contributed by atoms with Crippen molar-refractivity contribution in [3.05, 3.63) is 12.2 Å². The molecule has 0 aromatic heterocycles. The molecular formula is C17H25NO3. The second-order valence-corrected chi connectivity index (χ2v) is 7.63. The highest BCUT2D eigenvalue weighted by Gasteiger charge is 2.52. The number of carbonyl (C=O) groups excluding carboxylic acids is 1. The molecule has 116 valence electrons. The van der Waals surface area contributed by atoms with Gasteiger partial charge in [0.1, 0.15) is 0 Å². The molecule has 0 heterocycles. The Balaban J connectivity index is 1.73. The van der Waals surface area contributed by atoms with Gasteiger partial charge >= 0.3 is 5.97 Å². The number of hydrogen-bond donors (Lipinski definition) is 2. The maximum absolute atomic E-state index is 12.7. The number of rotatable bonds is 3. The van der Waals surface area contributed by atoms with E-state index in [4.69, 9.17) is 0 Å². The van der Waals surface area contributed by atoms with E-state index in [1.165, 1.54) is 6.42 Å². The van der Waals surface area contributed by atoms with Crippen LogP contribution in [0.25, 0.3) is 0 Å². The fraction of sp³-hybridized carbons (Fsp3) is 0.765. The number of fused-ring (bicyclic) bond motifs is 2. The molecule has 3 rings (SSSR count). The van der Waals surface area contributed by atoms with Crippen LogP contribution < -0.4 is 5.32 Å². The Labute approximate surface area is 126 Å². The molecule has 0 spiro atoms. The third kappa shape index (κ3) is 2.49. The number of hydrogen-bond acceptors (Lipinski definition) is 2. The average molecular weight is 291 g/mol. The Morgan fingerprint density at radius 2 is 1.81 bits per heavy atom. The van der Waals surface area contributed by atoms with Crippen LogP contribution in [-0.2, 0) is 9.59 Å². The van der Waals surface area contributed by atoms with Gasteiger partial charge in [-0.05, 0) is 36.5 Å². The molecule has 0 aliphatic heterocycles. The number of carbonyl (C=O) groups is 2. The predicted octanol–water partition coefficient (Wildman–Crippen LogP) is 2.59. The first kappa shape index (κ1) is 14.6. The number of carboxylic acid groups (broad SMARTS) is 1. The summed E-state index contributed by atoms with van der Waals surface area (Å²) in [4.78, 5) is 24.2. The van der Waals surface area contributed by atoms with Crippen molar-refractivity contribution < 1.29 is 14.7 Å². The lowest BCUT2D eigenvalue weighted by Gasteiger charge is -2.40. The molecule has 3 aliphatic rings. The van der Waals surface area contributed by atoms with Gasteiger partial charge in [0.25, 0.3) is 0 Å². The minimum absolute atomic E-state index is 0.0424. The van der Waals surface area contributed by atoms with Crippen LogP contribution >= 0.6 is 0 Å². The van der Waals surface area contributed by atoms with Crippen molar-refractivity contribution >= 4 is 11.9 Å². The molecule has 0 aromatic rings. The number of nitrogens with one attached hydrogen (secondary N) is 1. The maximum atomic E-state index is 12.7. The number of allylic oxidation sites excluding steroid dienone is 2. The van der Waals surface area contributed by atoms with Crippen molar-refractivity contribution in [1.29, 1.82) is 0 Å². The van der Waals surface area contributed by atoms with Gasteiger partial charge in [0.05, 0.1) is 11.8 Å². The number of amides is 1. The summed E-state index contributed by atoms with van der Waals surface area (Å²) in [5.41, 5.74) is 0.111. The second-order valence-electron chi connectivity index (χ2n) is 7.63. The van der Waals surface area contributed by atoms with Crippen LogP contribution in [0.5, 0.6) is 0 Å². The van der Waals surface area contributed by atoms with Gasteiger partial charge in [-0.15, -0.1) is 0 Å². The quantitative estimate of drug-likeness (QED) is 0.785. The normalized spacial score (nSPS) is 40.2. The SMILES string of the molecule is CC1(C)CCCCC1NC(=O)[C@H]1C2C=CC(C2)[C@H]1C(=O)O. The monoisotopic (exact) mass is 291 g/mol. The zero-order valence-electron chi connectivity index (χ0n) is 12.8. The number of aliphatic carboxylic acids is 1. The third-order valence-electron chi connectivity index (χ3n) is 5.87. The smallest absolute Gasteiger partial charge is 0.307 e. The fourth-order valence-corrected chi connectivity index (χ4v) is 4.55. The van der Waals surface area contributed by atoms with Crippen LogP contribution in [0.3, 0.4) is 0 Å². The topological polar surface area (TPSA) is 66.4 Å². The van der Waals surface area contributed by atoms with E-state index in [9.17, 15) is 14.7 Å². The summed E-state index contributed by atoms with van der Waals surface area (Å²) in [7, 11) is 0. The molecule has 2 N–H and O–H groups in total. The minimum Gasteiger partial charge on any atom is -0.481 e. The first-order valence-electron chi connectivity index (χ1n) is 8.11. The largest absolute Gasteiger partial charge is 0.481 e. The average Bonchev–Trinajstić information content (AvgIpc) is 3.01. The molecule has 1 amide bonds. The Morgan fingerprint density at radius 1 is 1.14 bits per heavy atom. The molecule has 0 saturated heterocycles. The molecule has 5 atom stereocenters. The van der Waals surface area contributed by atoms with Crippen molar-refractivity contribution in [2.75, 3.05) is 0 Å². The summed E-state index contributed by atoms with van der Waals surface area (Å²) in [5.74, 6) is -1.62. The zero-order valence-corrected chi connectivity index (χ0v) is 12.8. The zero-order chi connectivity index (χ0) is 15.2. The molecule has 3 aliphatic carbocycles. The van der Waals surface area contributed by atoms with Gasteiger partial charge in [-0.1, -0.05) is 38.8 Å². The fourth-order valence-electron chi connectivity index (χ4n) is 4.55. The van der Waals surface area contributed by atoms with Crippen molar-refractivity contribution in [2.24, 2.45) is 29.1 Å². The lowest BCUT2D eigenvalue weighted by Crippen LogP contribution is -2.50. The lowest BCUT2D eigenvalue weighted by molar-refractivity contribution is -0.148.